The van der Waals surface area contributed by atoms with Gasteiger partial charge in [0.25, 0.3) is 0 Å². The number of methoxy groups -OCH3 is 1. The number of carbonyl (C=O) groups is 2. The van der Waals surface area contributed by atoms with Crippen LogP contribution >= 0.6 is 11.8 Å². The van der Waals surface area contributed by atoms with Crippen molar-refractivity contribution in [2.75, 3.05) is 19.6 Å². The summed E-state index contributed by atoms with van der Waals surface area (Å²) in [5, 5.41) is 11.4. The lowest BCUT2D eigenvalue weighted by Gasteiger charge is -2.11. The lowest BCUT2D eigenvalue weighted by atomic mass is 10.1. The molecule has 0 radical (unpaired) electrons. The second-order valence-electron chi connectivity index (χ2n) is 11.3. The average Bonchev–Trinajstić information content (AvgIpc) is 3.65. The third kappa shape index (κ3) is 11.8. The van der Waals surface area contributed by atoms with E-state index in [2.05, 4.69) is 30.7 Å². The van der Waals surface area contributed by atoms with E-state index in [-0.39, 0.29) is 24.8 Å². The Morgan fingerprint density at radius 3 is 2.30 bits per heavy atom. The number of hydrogen-bond acceptors (Lipinski definition) is 11. The van der Waals surface area contributed by atoms with Crippen LogP contribution in [0.15, 0.2) is 107 Å². The second-order valence-corrected chi connectivity index (χ2v) is 12.2. The standard InChI is InChI=1S/C37H34F3N7O6S/c1-24-17-31(50-3)18-25(2)33(24)44-35(54-23-52-32(48)20-41-36(49)51-21-27-7-5-4-6-8-27)45-43-19-26-9-11-28(12-10-26)34-42-22-47(46-34)29-13-15-30(16-14-29)53-37(38,39)40/h4-19,22H,20-21,23H2,1-3H3,(H,41,49)(H,44,45)/b43-19+. The van der Waals surface area contributed by atoms with E-state index in [0.29, 0.717) is 33.7 Å². The van der Waals surface area contributed by atoms with E-state index >= 15 is 0 Å². The molecule has 1 aromatic heterocycles. The first-order valence-electron chi connectivity index (χ1n) is 16.1. The topological polar surface area (TPSA) is 151 Å². The maximum absolute atomic E-state index is 12.5. The van der Waals surface area contributed by atoms with Gasteiger partial charge in [-0.2, -0.15) is 5.10 Å². The fourth-order valence-corrected chi connectivity index (χ4v) is 5.30. The number of thioether (sulfide) groups is 1. The number of hydrogen-bond donors (Lipinski definition) is 2. The molecule has 5 aromatic rings. The van der Waals surface area contributed by atoms with E-state index in [1.54, 1.807) is 37.6 Å². The molecule has 0 atom stereocenters. The molecule has 0 aliphatic rings. The van der Waals surface area contributed by atoms with E-state index in [1.807, 2.05) is 56.3 Å². The average molecular weight is 762 g/mol. The number of nitrogens with zero attached hydrogens (tertiary/aromatic N) is 5. The smallest absolute Gasteiger partial charge is 0.497 e. The minimum Gasteiger partial charge on any atom is -0.497 e. The maximum Gasteiger partial charge on any atom is 0.573 e. The number of aromatic nitrogens is 3. The minimum atomic E-state index is -4.78. The summed E-state index contributed by atoms with van der Waals surface area (Å²) < 4.78 is 58.6. The van der Waals surface area contributed by atoms with Gasteiger partial charge in [0.1, 0.15) is 36.9 Å². The van der Waals surface area contributed by atoms with Crippen LogP contribution in [0.4, 0.5) is 23.7 Å². The van der Waals surface area contributed by atoms with Crippen molar-refractivity contribution in [1.29, 1.82) is 0 Å². The molecule has 280 valence electrons. The quantitative estimate of drug-likeness (QED) is 0.0414. The molecular weight excluding hydrogens is 728 g/mol. The van der Waals surface area contributed by atoms with Crippen molar-refractivity contribution in [3.63, 3.8) is 0 Å². The Morgan fingerprint density at radius 2 is 1.63 bits per heavy atom. The highest BCUT2D eigenvalue weighted by Gasteiger charge is 2.31. The van der Waals surface area contributed by atoms with Crippen LogP contribution in [-0.2, 0) is 20.9 Å². The molecule has 0 fully saturated rings. The van der Waals surface area contributed by atoms with Gasteiger partial charge in [0, 0.05) is 5.56 Å². The number of alkyl halides is 3. The highest BCUT2D eigenvalue weighted by molar-refractivity contribution is 8.13. The van der Waals surface area contributed by atoms with E-state index in [1.165, 1.54) is 35.3 Å². The molecule has 1 amide bonds. The molecule has 54 heavy (non-hydrogen) atoms. The zero-order valence-electron chi connectivity index (χ0n) is 29.2. The number of halogens is 3. The van der Waals surface area contributed by atoms with E-state index in [0.717, 1.165) is 34.0 Å². The molecule has 17 heteroatoms. The lowest BCUT2D eigenvalue weighted by molar-refractivity contribution is -0.274. The van der Waals surface area contributed by atoms with Crippen molar-refractivity contribution in [3.8, 4) is 28.6 Å². The molecule has 0 bridgehead atoms. The summed E-state index contributed by atoms with van der Waals surface area (Å²) >= 11 is 1.08. The Hall–Kier alpha value is -6.36. The summed E-state index contributed by atoms with van der Waals surface area (Å²) in [7, 11) is 1.58. The summed E-state index contributed by atoms with van der Waals surface area (Å²) in [5.41, 5.74) is 8.02. The summed E-state index contributed by atoms with van der Waals surface area (Å²) in [6.07, 6.45) is -2.51. The van der Waals surface area contributed by atoms with Crippen molar-refractivity contribution in [1.82, 2.24) is 25.5 Å². The molecule has 0 saturated heterocycles. The van der Waals surface area contributed by atoms with Crippen molar-refractivity contribution in [2.24, 2.45) is 10.1 Å². The molecule has 1 heterocycles. The Balaban J connectivity index is 1.18. The summed E-state index contributed by atoms with van der Waals surface area (Å²) in [6.45, 7) is 3.47. The van der Waals surface area contributed by atoms with Crippen LogP contribution in [-0.4, -0.2) is 64.2 Å². The van der Waals surface area contributed by atoms with Gasteiger partial charge in [-0.1, -0.05) is 54.6 Å². The first kappa shape index (κ1) is 38.9. The van der Waals surface area contributed by atoms with Gasteiger partial charge in [0.2, 0.25) is 0 Å². The number of hydrazone groups is 1. The Morgan fingerprint density at radius 1 is 0.926 bits per heavy atom. The number of aryl methyl sites for hydroxylation is 2. The van der Waals surface area contributed by atoms with Gasteiger partial charge in [0.05, 0.1) is 24.7 Å². The van der Waals surface area contributed by atoms with Crippen LogP contribution in [0.5, 0.6) is 11.5 Å². The van der Waals surface area contributed by atoms with Crippen LogP contribution in [0.2, 0.25) is 0 Å². The highest BCUT2D eigenvalue weighted by Crippen LogP contribution is 2.30. The summed E-state index contributed by atoms with van der Waals surface area (Å²) in [6, 6.07) is 25.3. The van der Waals surface area contributed by atoms with E-state index < -0.39 is 18.4 Å². The normalized spacial score (nSPS) is 11.6. The lowest BCUT2D eigenvalue weighted by Crippen LogP contribution is -2.31. The van der Waals surface area contributed by atoms with Gasteiger partial charge in [0.15, 0.2) is 11.0 Å². The molecule has 0 unspecified atom stereocenters. The molecule has 0 aliphatic heterocycles. The van der Waals surface area contributed by atoms with E-state index in [4.69, 9.17) is 19.2 Å². The van der Waals surface area contributed by atoms with Crippen LogP contribution in [0, 0.1) is 13.8 Å². The predicted octanol–water partition coefficient (Wildman–Crippen LogP) is 7.23. The number of nitrogens with one attached hydrogen (secondary N) is 2. The first-order chi connectivity index (χ1) is 26.0. The number of carbonyl (C=O) groups excluding carboxylic acids is 2. The van der Waals surface area contributed by atoms with Crippen LogP contribution < -0.4 is 20.2 Å². The van der Waals surface area contributed by atoms with Crippen molar-refractivity contribution < 1.29 is 41.7 Å². The number of esters is 1. The predicted molar refractivity (Wildman–Crippen MR) is 197 cm³/mol. The Kier molecular flexibility index (Phi) is 13.3. The number of amidine groups is 1. The fraction of sp³-hybridized carbons (Fsp3) is 0.189. The van der Waals surface area contributed by atoms with Crippen LogP contribution in [0.1, 0.15) is 22.3 Å². The summed E-state index contributed by atoms with van der Waals surface area (Å²) in [5.74, 6) is -0.0570. The third-order valence-corrected chi connectivity index (χ3v) is 7.98. The molecule has 4 aromatic carbocycles. The molecule has 5 rings (SSSR count). The van der Waals surface area contributed by atoms with Crippen molar-refractivity contribution in [2.45, 2.75) is 26.8 Å². The van der Waals surface area contributed by atoms with Gasteiger partial charge in [-0.05, 0) is 84.3 Å². The largest absolute Gasteiger partial charge is 0.573 e. The molecule has 13 nitrogen and oxygen atoms in total. The third-order valence-electron chi connectivity index (χ3n) is 7.29. The number of alkyl carbamates (subject to hydrolysis) is 1. The highest BCUT2D eigenvalue weighted by atomic mass is 32.2. The van der Waals surface area contributed by atoms with Crippen LogP contribution in [0.3, 0.4) is 0 Å². The molecular formula is C37H34F3N7O6S. The van der Waals surface area contributed by atoms with Crippen molar-refractivity contribution in [3.05, 3.63) is 120 Å². The zero-order chi connectivity index (χ0) is 38.5. The van der Waals surface area contributed by atoms with Gasteiger partial charge in [-0.3, -0.25) is 10.2 Å². The Bertz CT molecular complexity index is 2070. The molecule has 0 aliphatic carbocycles. The minimum absolute atomic E-state index is 0.0635. The van der Waals surface area contributed by atoms with Crippen LogP contribution in [0.25, 0.3) is 17.1 Å². The molecule has 0 spiro atoms. The second kappa shape index (κ2) is 18.4. The first-order valence-corrected chi connectivity index (χ1v) is 17.1. The van der Waals surface area contributed by atoms with Crippen molar-refractivity contribution >= 4 is 40.9 Å². The Labute approximate surface area is 312 Å². The van der Waals surface area contributed by atoms with Gasteiger partial charge in [-0.15, -0.1) is 18.3 Å². The fourth-order valence-electron chi connectivity index (χ4n) is 4.72. The molecule has 0 saturated carbocycles. The van der Waals surface area contributed by atoms with Gasteiger partial charge < -0.3 is 24.3 Å². The summed E-state index contributed by atoms with van der Waals surface area (Å²) in [4.78, 5) is 33.4. The maximum atomic E-state index is 12.5. The van der Waals surface area contributed by atoms with E-state index in [9.17, 15) is 22.8 Å². The van der Waals surface area contributed by atoms with Gasteiger partial charge in [-0.25, -0.2) is 19.5 Å². The van der Waals surface area contributed by atoms with Gasteiger partial charge >= 0.3 is 18.4 Å². The molecule has 2 N–H and O–H groups in total. The number of benzene rings is 4. The number of rotatable bonds is 13. The number of ether oxygens (including phenoxy) is 4. The SMILES string of the molecule is COc1cc(C)c(/N=C(/N/N=C/c2ccc(-c3ncn(-c4ccc(OC(F)(F)F)cc4)n3)cc2)SCOC(=O)CNC(=O)OCc2ccccc2)c(C)c1. The number of aliphatic imine (C=N–C) groups is 1. The zero-order valence-corrected chi connectivity index (χ0v) is 30.0. The number of amides is 1. The monoisotopic (exact) mass is 761 g/mol.